The minimum atomic E-state index is -0.663. The first-order valence-corrected chi connectivity index (χ1v) is 7.11. The summed E-state index contributed by atoms with van der Waals surface area (Å²) in [6, 6.07) is 0. The maximum absolute atomic E-state index is 11.8. The number of rotatable bonds is 3. The molecule has 0 unspecified atom stereocenters. The van der Waals surface area contributed by atoms with Crippen LogP contribution in [0.25, 0.3) is 0 Å². The number of H-pyrrole nitrogens is 1. The molecule has 8 heteroatoms. The number of nitrogens with zero attached hydrogens (tertiary/aromatic N) is 1. The maximum atomic E-state index is 11.8. The molecule has 110 valence electrons. The Balaban J connectivity index is 2.16. The van der Waals surface area contributed by atoms with Gasteiger partial charge in [0.2, 0.25) is 0 Å². The van der Waals surface area contributed by atoms with Crippen LogP contribution in [-0.2, 0) is 9.53 Å². The Morgan fingerprint density at radius 1 is 1.60 bits per heavy atom. The first-order valence-electron chi connectivity index (χ1n) is 6.17. The Hall–Kier alpha value is -1.54. The van der Waals surface area contributed by atoms with Crippen molar-refractivity contribution < 1.29 is 14.6 Å². The van der Waals surface area contributed by atoms with Gasteiger partial charge in [0.05, 0.1) is 16.7 Å². The Labute approximate surface area is 119 Å². The van der Waals surface area contributed by atoms with Gasteiger partial charge in [-0.1, -0.05) is 0 Å². The van der Waals surface area contributed by atoms with Crippen LogP contribution in [0.5, 0.6) is 0 Å². The molecule has 0 bridgehead atoms. The Morgan fingerprint density at radius 2 is 2.30 bits per heavy atom. The molecule has 20 heavy (non-hydrogen) atoms. The van der Waals surface area contributed by atoms with Crippen molar-refractivity contribution in [2.24, 2.45) is 0 Å². The number of nitrogens with one attached hydrogen (secondary N) is 1. The van der Waals surface area contributed by atoms with Gasteiger partial charge in [0, 0.05) is 25.1 Å². The van der Waals surface area contributed by atoms with E-state index in [9.17, 15) is 19.5 Å². The molecule has 3 atom stereocenters. The van der Waals surface area contributed by atoms with E-state index in [1.807, 2.05) is 0 Å². The molecule has 7 nitrogen and oxygen atoms in total. The number of carbonyl (C=O) groups excluding carboxylic acids is 1. The highest BCUT2D eigenvalue weighted by Crippen LogP contribution is 2.40. The summed E-state index contributed by atoms with van der Waals surface area (Å²) >= 11 is 1.36. The predicted octanol–water partition coefficient (Wildman–Crippen LogP) is -0.227. The lowest BCUT2D eigenvalue weighted by Crippen LogP contribution is -2.32. The zero-order chi connectivity index (χ0) is 14.9. The smallest absolute Gasteiger partial charge is 0.329 e. The standard InChI is InChI=1S/C12H16N2O5S/c1-6-4-14(12(18)13-11(6)17)10-3-8(16)9(20-10)5-19-7(2)15/h4,8-10,16H,3,5H2,1-2H3,(H,13,17,18)/t8-,9+,10-/m1/s1. The lowest BCUT2D eigenvalue weighted by molar-refractivity contribution is -0.141. The molecule has 0 radical (unpaired) electrons. The zero-order valence-corrected chi connectivity index (χ0v) is 12.0. The number of carbonyl (C=O) groups is 1. The topological polar surface area (TPSA) is 101 Å². The Kier molecular flexibility index (Phi) is 4.34. The fourth-order valence-corrected chi connectivity index (χ4v) is 3.47. The molecule has 1 aliphatic rings. The molecular formula is C12H16N2O5S. The minimum absolute atomic E-state index is 0.106. The molecule has 0 spiro atoms. The third-order valence-electron chi connectivity index (χ3n) is 3.11. The van der Waals surface area contributed by atoms with Gasteiger partial charge in [0.1, 0.15) is 6.61 Å². The molecule has 1 aromatic rings. The van der Waals surface area contributed by atoms with Crippen molar-refractivity contribution in [1.82, 2.24) is 9.55 Å². The summed E-state index contributed by atoms with van der Waals surface area (Å²) in [6.45, 7) is 3.02. The van der Waals surface area contributed by atoms with E-state index in [4.69, 9.17) is 4.74 Å². The van der Waals surface area contributed by atoms with Gasteiger partial charge in [-0.3, -0.25) is 19.1 Å². The summed E-state index contributed by atoms with van der Waals surface area (Å²) < 4.78 is 6.29. The van der Waals surface area contributed by atoms with Gasteiger partial charge in [0.15, 0.2) is 0 Å². The minimum Gasteiger partial charge on any atom is -0.465 e. The maximum Gasteiger partial charge on any atom is 0.329 e. The first kappa shape index (κ1) is 14.9. The zero-order valence-electron chi connectivity index (χ0n) is 11.2. The summed E-state index contributed by atoms with van der Waals surface area (Å²) in [5.41, 5.74) is -0.479. The molecule has 2 N–H and O–H groups in total. The van der Waals surface area contributed by atoms with Gasteiger partial charge in [-0.25, -0.2) is 4.79 Å². The second-order valence-corrected chi connectivity index (χ2v) is 6.14. The van der Waals surface area contributed by atoms with Crippen molar-refractivity contribution in [3.05, 3.63) is 32.6 Å². The van der Waals surface area contributed by atoms with E-state index in [1.54, 1.807) is 6.92 Å². The summed E-state index contributed by atoms with van der Waals surface area (Å²) in [7, 11) is 0. The number of esters is 1. The first-order chi connectivity index (χ1) is 9.38. The van der Waals surface area contributed by atoms with Crippen LogP contribution >= 0.6 is 11.8 Å². The summed E-state index contributed by atoms with van der Waals surface area (Å²) in [5.74, 6) is -0.404. The summed E-state index contributed by atoms with van der Waals surface area (Å²) in [5, 5.41) is 9.39. The van der Waals surface area contributed by atoms with E-state index in [0.29, 0.717) is 12.0 Å². The molecule has 0 aliphatic carbocycles. The van der Waals surface area contributed by atoms with E-state index < -0.39 is 23.3 Å². The molecule has 2 rings (SSSR count). The van der Waals surface area contributed by atoms with E-state index in [2.05, 4.69) is 4.98 Å². The highest BCUT2D eigenvalue weighted by atomic mass is 32.2. The van der Waals surface area contributed by atoms with Crippen molar-refractivity contribution in [2.75, 3.05) is 6.61 Å². The lowest BCUT2D eigenvalue weighted by Gasteiger charge is -2.14. The van der Waals surface area contributed by atoms with Crippen molar-refractivity contribution in [3.63, 3.8) is 0 Å². The Morgan fingerprint density at radius 3 is 2.95 bits per heavy atom. The van der Waals surface area contributed by atoms with Gasteiger partial charge in [-0.05, 0) is 6.92 Å². The molecule has 0 amide bonds. The SMILES string of the molecule is CC(=O)OC[C@@H]1S[C@@H](n2cc(C)c(=O)[nH]c2=O)C[C@H]1O. The third-order valence-corrected chi connectivity index (χ3v) is 4.64. The van der Waals surface area contributed by atoms with Crippen LogP contribution in [0.3, 0.4) is 0 Å². The van der Waals surface area contributed by atoms with Crippen LogP contribution in [0.1, 0.15) is 24.3 Å². The van der Waals surface area contributed by atoms with Crippen molar-refractivity contribution in [2.45, 2.75) is 37.0 Å². The number of thioether (sulfide) groups is 1. The monoisotopic (exact) mass is 300 g/mol. The molecule has 1 fully saturated rings. The Bertz CT molecular complexity index is 623. The van der Waals surface area contributed by atoms with Crippen molar-refractivity contribution >= 4 is 17.7 Å². The molecule has 1 aromatic heterocycles. The number of hydrogen-bond acceptors (Lipinski definition) is 6. The average Bonchev–Trinajstić information content (AvgIpc) is 2.72. The van der Waals surface area contributed by atoms with Crippen LogP contribution in [0, 0.1) is 6.92 Å². The summed E-state index contributed by atoms with van der Waals surface area (Å²) in [6.07, 6.45) is 1.19. The molecule has 1 aliphatic heterocycles. The number of hydrogen-bond donors (Lipinski definition) is 2. The van der Waals surface area contributed by atoms with E-state index >= 15 is 0 Å². The number of aromatic amines is 1. The van der Waals surface area contributed by atoms with Gasteiger partial charge in [0.25, 0.3) is 5.56 Å². The predicted molar refractivity (Wildman–Crippen MR) is 73.7 cm³/mol. The second kappa shape index (κ2) is 5.84. The van der Waals surface area contributed by atoms with Crippen molar-refractivity contribution in [1.29, 1.82) is 0 Å². The number of aliphatic hydroxyl groups is 1. The molecule has 0 saturated carbocycles. The highest BCUT2D eigenvalue weighted by molar-refractivity contribution is 8.00. The van der Waals surface area contributed by atoms with Gasteiger partial charge < -0.3 is 9.84 Å². The third kappa shape index (κ3) is 3.13. The number of aliphatic hydroxyl groups excluding tert-OH is 1. The fraction of sp³-hybridized carbons (Fsp3) is 0.583. The van der Waals surface area contributed by atoms with Gasteiger partial charge in [-0.2, -0.15) is 0 Å². The number of aryl methyl sites for hydroxylation is 1. The van der Waals surface area contributed by atoms with Crippen LogP contribution < -0.4 is 11.2 Å². The van der Waals surface area contributed by atoms with E-state index in [0.717, 1.165) is 0 Å². The molecule has 1 saturated heterocycles. The quantitative estimate of drug-likeness (QED) is 0.748. The normalized spacial score (nSPS) is 25.6. The largest absolute Gasteiger partial charge is 0.465 e. The lowest BCUT2D eigenvalue weighted by atomic mass is 10.2. The summed E-state index contributed by atoms with van der Waals surface area (Å²) in [4.78, 5) is 36.1. The fourth-order valence-electron chi connectivity index (χ4n) is 2.04. The van der Waals surface area contributed by atoms with E-state index in [-0.39, 0.29) is 17.2 Å². The van der Waals surface area contributed by atoms with E-state index in [1.165, 1.54) is 29.4 Å². The van der Waals surface area contributed by atoms with Crippen LogP contribution in [0.2, 0.25) is 0 Å². The highest BCUT2D eigenvalue weighted by Gasteiger charge is 2.36. The number of ether oxygens (including phenoxy) is 1. The molecule has 2 heterocycles. The average molecular weight is 300 g/mol. The second-order valence-electron chi connectivity index (χ2n) is 4.71. The molecule has 0 aromatic carbocycles. The number of aromatic nitrogens is 2. The van der Waals surface area contributed by atoms with Crippen LogP contribution in [-0.4, -0.2) is 38.6 Å². The van der Waals surface area contributed by atoms with Crippen LogP contribution in [0.4, 0.5) is 0 Å². The van der Waals surface area contributed by atoms with Gasteiger partial charge in [-0.15, -0.1) is 11.8 Å². The van der Waals surface area contributed by atoms with Crippen LogP contribution in [0.15, 0.2) is 15.8 Å². The van der Waals surface area contributed by atoms with Crippen molar-refractivity contribution in [3.8, 4) is 0 Å². The van der Waals surface area contributed by atoms with Gasteiger partial charge >= 0.3 is 11.7 Å². The molecular weight excluding hydrogens is 284 g/mol.